The van der Waals surface area contributed by atoms with Gasteiger partial charge in [0.15, 0.2) is 11.5 Å². The van der Waals surface area contributed by atoms with Gasteiger partial charge in [-0.05, 0) is 56.8 Å². The van der Waals surface area contributed by atoms with Crippen molar-refractivity contribution in [2.24, 2.45) is 5.92 Å². The first-order valence-corrected chi connectivity index (χ1v) is 10.7. The molecule has 0 aromatic heterocycles. The largest absolute Gasteiger partial charge is 0.486 e. The van der Waals surface area contributed by atoms with E-state index < -0.39 is 0 Å². The summed E-state index contributed by atoms with van der Waals surface area (Å²) in [7, 11) is 0. The van der Waals surface area contributed by atoms with E-state index in [9.17, 15) is 9.59 Å². The predicted octanol–water partition coefficient (Wildman–Crippen LogP) is 2.40. The van der Waals surface area contributed by atoms with Crippen molar-refractivity contribution in [3.05, 3.63) is 23.8 Å². The molecule has 1 amide bonds. The van der Waals surface area contributed by atoms with Crippen molar-refractivity contribution in [1.29, 1.82) is 0 Å². The summed E-state index contributed by atoms with van der Waals surface area (Å²) in [5.41, 5.74) is 1.17. The normalized spacial score (nSPS) is 24.4. The van der Waals surface area contributed by atoms with Crippen LogP contribution in [0.15, 0.2) is 18.2 Å². The lowest BCUT2D eigenvalue weighted by atomic mass is 9.98. The van der Waals surface area contributed by atoms with Crippen molar-refractivity contribution in [2.75, 3.05) is 46.0 Å². The molecule has 0 bridgehead atoms. The highest BCUT2D eigenvalue weighted by molar-refractivity contribution is 5.80. The van der Waals surface area contributed by atoms with Crippen molar-refractivity contribution < 1.29 is 23.8 Å². The number of ether oxygens (including phenoxy) is 3. The number of rotatable bonds is 5. The van der Waals surface area contributed by atoms with Gasteiger partial charge in [0.1, 0.15) is 13.2 Å². The van der Waals surface area contributed by atoms with Gasteiger partial charge in [0.05, 0.1) is 19.1 Å². The summed E-state index contributed by atoms with van der Waals surface area (Å²) in [6.45, 7) is 5.83. The number of likely N-dealkylation sites (tertiary alicyclic amines) is 2. The second-order valence-electron chi connectivity index (χ2n) is 7.96. The van der Waals surface area contributed by atoms with Crippen molar-refractivity contribution >= 4 is 11.9 Å². The topological polar surface area (TPSA) is 68.3 Å². The third-order valence-electron chi connectivity index (χ3n) is 6.05. The molecule has 7 heteroatoms. The Morgan fingerprint density at radius 2 is 1.90 bits per heavy atom. The van der Waals surface area contributed by atoms with E-state index in [0.717, 1.165) is 50.3 Å². The zero-order valence-electron chi connectivity index (χ0n) is 17.1. The van der Waals surface area contributed by atoms with Crippen LogP contribution < -0.4 is 9.47 Å². The number of hydrogen-bond donors (Lipinski definition) is 0. The number of fused-ring (bicyclic) bond motifs is 1. The van der Waals surface area contributed by atoms with Crippen molar-refractivity contribution in [3.8, 4) is 11.5 Å². The Kier molecular flexibility index (Phi) is 6.23. The predicted molar refractivity (Wildman–Crippen MR) is 107 cm³/mol. The first-order valence-electron chi connectivity index (χ1n) is 10.7. The van der Waals surface area contributed by atoms with Crippen LogP contribution in [0.4, 0.5) is 0 Å². The molecule has 29 heavy (non-hydrogen) atoms. The van der Waals surface area contributed by atoms with E-state index >= 15 is 0 Å². The van der Waals surface area contributed by atoms with Gasteiger partial charge in [0, 0.05) is 19.1 Å². The zero-order valence-corrected chi connectivity index (χ0v) is 17.1. The summed E-state index contributed by atoms with van der Waals surface area (Å²) >= 11 is 0. The van der Waals surface area contributed by atoms with E-state index in [1.54, 1.807) is 0 Å². The molecule has 1 aromatic rings. The molecule has 0 radical (unpaired) electrons. The number of carbonyl (C=O) groups excluding carboxylic acids is 2. The Balaban J connectivity index is 1.39. The molecule has 158 valence electrons. The van der Waals surface area contributed by atoms with Crippen LogP contribution in [0.2, 0.25) is 0 Å². The van der Waals surface area contributed by atoms with Gasteiger partial charge in [-0.2, -0.15) is 0 Å². The van der Waals surface area contributed by atoms with Gasteiger partial charge in [-0.15, -0.1) is 0 Å². The average Bonchev–Trinajstić information content (AvgIpc) is 3.21. The van der Waals surface area contributed by atoms with Crippen LogP contribution in [-0.2, 0) is 14.3 Å². The van der Waals surface area contributed by atoms with Gasteiger partial charge in [-0.1, -0.05) is 6.07 Å². The molecule has 0 aliphatic carbocycles. The van der Waals surface area contributed by atoms with Crippen LogP contribution in [-0.4, -0.2) is 67.7 Å². The first kappa shape index (κ1) is 20.0. The minimum Gasteiger partial charge on any atom is -0.486 e. The summed E-state index contributed by atoms with van der Waals surface area (Å²) in [6, 6.07) is 6.31. The van der Waals surface area contributed by atoms with E-state index in [4.69, 9.17) is 14.2 Å². The van der Waals surface area contributed by atoms with Crippen molar-refractivity contribution in [1.82, 2.24) is 9.80 Å². The Labute approximate surface area is 171 Å². The third-order valence-corrected chi connectivity index (χ3v) is 6.05. The molecule has 7 nitrogen and oxygen atoms in total. The second kappa shape index (κ2) is 9.03. The summed E-state index contributed by atoms with van der Waals surface area (Å²) in [5, 5.41) is 0. The Morgan fingerprint density at radius 1 is 1.10 bits per heavy atom. The van der Waals surface area contributed by atoms with E-state index in [-0.39, 0.29) is 23.8 Å². The Bertz CT molecular complexity index is 753. The molecule has 0 N–H and O–H groups in total. The molecule has 1 aromatic carbocycles. The van der Waals surface area contributed by atoms with Crippen LogP contribution in [0.25, 0.3) is 0 Å². The highest BCUT2D eigenvalue weighted by Gasteiger charge is 2.33. The molecule has 0 saturated carbocycles. The lowest BCUT2D eigenvalue weighted by Crippen LogP contribution is -2.46. The summed E-state index contributed by atoms with van der Waals surface area (Å²) in [4.78, 5) is 29.1. The molecule has 3 heterocycles. The molecular formula is C22H30N2O5. The summed E-state index contributed by atoms with van der Waals surface area (Å²) in [6.07, 6.45) is 3.74. The first-order chi connectivity index (χ1) is 14.2. The number of carbonyl (C=O) groups is 2. The zero-order chi connectivity index (χ0) is 20.2. The number of benzene rings is 1. The smallest absolute Gasteiger partial charge is 0.310 e. The minimum atomic E-state index is -0.195. The van der Waals surface area contributed by atoms with E-state index in [1.165, 1.54) is 5.56 Å². The number of amides is 1. The summed E-state index contributed by atoms with van der Waals surface area (Å²) in [5.74, 6) is 1.31. The number of nitrogens with zero attached hydrogens (tertiary/aromatic N) is 2. The minimum absolute atomic E-state index is 0.100. The van der Waals surface area contributed by atoms with Gasteiger partial charge in [0.25, 0.3) is 0 Å². The van der Waals surface area contributed by atoms with Gasteiger partial charge in [-0.25, -0.2) is 0 Å². The average molecular weight is 402 g/mol. The van der Waals surface area contributed by atoms with Crippen LogP contribution in [0.5, 0.6) is 11.5 Å². The molecule has 2 fully saturated rings. The van der Waals surface area contributed by atoms with Crippen LogP contribution in [0, 0.1) is 5.92 Å². The lowest BCUT2D eigenvalue weighted by Gasteiger charge is -2.34. The number of esters is 1. The standard InChI is InChI=1S/C22H30N2O5/c1-2-27-22(26)17-5-3-10-24(14-17)21(25)15-23-9-4-6-18(23)16-7-8-19-20(13-16)29-12-11-28-19/h7-8,13,17-18H,2-6,9-12,14-15H2,1H3/t17-,18-/m1/s1. The van der Waals surface area contributed by atoms with E-state index in [0.29, 0.717) is 32.9 Å². The van der Waals surface area contributed by atoms with Crippen molar-refractivity contribution in [2.45, 2.75) is 38.6 Å². The molecule has 0 spiro atoms. The van der Waals surface area contributed by atoms with E-state index in [2.05, 4.69) is 17.0 Å². The highest BCUT2D eigenvalue weighted by Crippen LogP contribution is 2.38. The maximum atomic E-state index is 13.0. The number of hydrogen-bond acceptors (Lipinski definition) is 6. The van der Waals surface area contributed by atoms with Gasteiger partial charge >= 0.3 is 5.97 Å². The highest BCUT2D eigenvalue weighted by atomic mass is 16.6. The molecule has 0 unspecified atom stereocenters. The van der Waals surface area contributed by atoms with Gasteiger partial charge in [-0.3, -0.25) is 14.5 Å². The quantitative estimate of drug-likeness (QED) is 0.705. The fraction of sp³-hybridized carbons (Fsp3) is 0.636. The van der Waals surface area contributed by atoms with Crippen LogP contribution >= 0.6 is 0 Å². The second-order valence-corrected chi connectivity index (χ2v) is 7.96. The van der Waals surface area contributed by atoms with Crippen LogP contribution in [0.3, 0.4) is 0 Å². The third kappa shape index (κ3) is 4.50. The molecule has 2 atom stereocenters. The Hall–Kier alpha value is -2.28. The maximum Gasteiger partial charge on any atom is 0.310 e. The van der Waals surface area contributed by atoms with Gasteiger partial charge in [0.2, 0.25) is 5.91 Å². The van der Waals surface area contributed by atoms with Crippen LogP contribution in [0.1, 0.15) is 44.2 Å². The van der Waals surface area contributed by atoms with Gasteiger partial charge < -0.3 is 19.1 Å². The monoisotopic (exact) mass is 402 g/mol. The van der Waals surface area contributed by atoms with E-state index in [1.807, 2.05) is 17.9 Å². The fourth-order valence-electron chi connectivity index (χ4n) is 4.59. The molecule has 4 rings (SSSR count). The fourth-order valence-corrected chi connectivity index (χ4v) is 4.59. The molecule has 3 aliphatic rings. The Morgan fingerprint density at radius 3 is 2.72 bits per heavy atom. The lowest BCUT2D eigenvalue weighted by molar-refractivity contribution is -0.151. The summed E-state index contributed by atoms with van der Waals surface area (Å²) < 4.78 is 16.5. The maximum absolute atomic E-state index is 13.0. The van der Waals surface area contributed by atoms with Crippen molar-refractivity contribution in [3.63, 3.8) is 0 Å². The molecular weight excluding hydrogens is 372 g/mol. The molecule has 2 saturated heterocycles. The molecule has 3 aliphatic heterocycles. The SMILES string of the molecule is CCOC(=O)[C@@H]1CCCN(C(=O)CN2CCC[C@@H]2c2ccc3c(c2)OCCO3)C1. The number of piperidine rings is 1.